The fraction of sp³-hybridized carbons (Fsp3) is 0.429. The number of amides is 2. The van der Waals surface area contributed by atoms with Gasteiger partial charge in [-0.25, -0.2) is 8.42 Å². The minimum absolute atomic E-state index is 0.0470. The topological polar surface area (TPSA) is 84.0 Å². The number of carbonyl (C=O) groups is 2. The molecule has 2 aromatic carbocycles. The third-order valence-corrected chi connectivity index (χ3v) is 8.36. The van der Waals surface area contributed by atoms with Gasteiger partial charge in [0.05, 0.1) is 4.90 Å². The number of ether oxygens (including phenoxy) is 1. The van der Waals surface area contributed by atoms with Crippen LogP contribution in [0.3, 0.4) is 0 Å². The molecule has 1 atom stereocenters. The number of rotatable bonds is 5. The Morgan fingerprint density at radius 1 is 1.03 bits per heavy atom. The van der Waals surface area contributed by atoms with Crippen LogP contribution < -0.4 is 4.74 Å². The zero-order chi connectivity index (χ0) is 28.6. The first kappa shape index (κ1) is 28.7. The van der Waals surface area contributed by atoms with Crippen LogP contribution in [0.2, 0.25) is 0 Å². The number of carbonyl (C=O) groups excluding carboxylic acids is 2. The molecule has 4 rings (SSSR count). The molecule has 7 nitrogen and oxygen atoms in total. The summed E-state index contributed by atoms with van der Waals surface area (Å²) in [7, 11) is -3.53. The summed E-state index contributed by atoms with van der Waals surface area (Å²) in [6.45, 7) is 4.74. The van der Waals surface area contributed by atoms with E-state index >= 15 is 0 Å². The molecule has 1 unspecified atom stereocenters. The van der Waals surface area contributed by atoms with Crippen LogP contribution in [0.15, 0.2) is 53.4 Å². The molecule has 1 saturated heterocycles. The summed E-state index contributed by atoms with van der Waals surface area (Å²) in [6, 6.07) is 11.5. The first-order chi connectivity index (χ1) is 18.3. The van der Waals surface area contributed by atoms with Crippen molar-refractivity contribution >= 4 is 27.2 Å². The van der Waals surface area contributed by atoms with Gasteiger partial charge in [0.2, 0.25) is 0 Å². The first-order valence-electron chi connectivity index (χ1n) is 12.8. The molecule has 2 amide bonds. The van der Waals surface area contributed by atoms with Crippen LogP contribution in [0.5, 0.6) is 5.75 Å². The van der Waals surface area contributed by atoms with Gasteiger partial charge in [-0.05, 0) is 74.2 Å². The van der Waals surface area contributed by atoms with Gasteiger partial charge in [0.25, 0.3) is 5.91 Å². The maximum atomic E-state index is 13.1. The number of likely N-dealkylation sites (tertiary alicyclic amines) is 1. The molecule has 1 spiro atoms. The van der Waals surface area contributed by atoms with Crippen molar-refractivity contribution in [1.82, 2.24) is 9.80 Å². The van der Waals surface area contributed by atoms with Crippen LogP contribution in [0.25, 0.3) is 5.57 Å². The third-order valence-electron chi connectivity index (χ3n) is 7.25. The number of hydrogen-bond acceptors (Lipinski definition) is 5. The van der Waals surface area contributed by atoms with E-state index in [-0.39, 0.29) is 30.3 Å². The van der Waals surface area contributed by atoms with E-state index in [1.165, 1.54) is 12.1 Å². The molecule has 39 heavy (non-hydrogen) atoms. The largest absolute Gasteiger partial charge is 0.482 e. The lowest BCUT2D eigenvalue weighted by Gasteiger charge is -2.37. The van der Waals surface area contributed by atoms with E-state index in [9.17, 15) is 31.2 Å². The minimum Gasteiger partial charge on any atom is -0.482 e. The molecular formula is C28H31F3N2O5S. The van der Waals surface area contributed by atoms with Gasteiger partial charge in [0, 0.05) is 50.0 Å². The van der Waals surface area contributed by atoms with E-state index in [0.29, 0.717) is 53.9 Å². The molecule has 0 aromatic heterocycles. The van der Waals surface area contributed by atoms with E-state index in [1.807, 2.05) is 19.9 Å². The predicted octanol–water partition coefficient (Wildman–Crippen LogP) is 4.71. The summed E-state index contributed by atoms with van der Waals surface area (Å²) >= 11 is 0. The number of nitrogens with zero attached hydrogens (tertiary/aromatic N) is 2. The van der Waals surface area contributed by atoms with Crippen molar-refractivity contribution in [3.05, 3.63) is 65.2 Å². The van der Waals surface area contributed by atoms with Crippen molar-refractivity contribution in [2.24, 2.45) is 0 Å². The van der Waals surface area contributed by atoms with Crippen molar-refractivity contribution in [1.29, 1.82) is 0 Å². The van der Waals surface area contributed by atoms with Gasteiger partial charge in [0.1, 0.15) is 11.4 Å². The van der Waals surface area contributed by atoms with Crippen LogP contribution in [0, 0.1) is 0 Å². The Balaban J connectivity index is 1.76. The normalized spacial score (nSPS) is 19.5. The summed E-state index contributed by atoms with van der Waals surface area (Å²) in [4.78, 5) is 27.3. The van der Waals surface area contributed by atoms with Gasteiger partial charge in [-0.1, -0.05) is 12.1 Å². The van der Waals surface area contributed by atoms with Crippen LogP contribution >= 0.6 is 0 Å². The lowest BCUT2D eigenvalue weighted by Crippen LogP contribution is -2.43. The lowest BCUT2D eigenvalue weighted by molar-refractivity contribution is -0.185. The SMILES string of the molecule is CCN(CC)C(=O)c1ccc(C2=CC3(CCCN(C(=O)C(F)(F)F)CC3)Oc3ccc(S(C)(=O)=O)cc32)cc1. The zero-order valence-electron chi connectivity index (χ0n) is 22.0. The Bertz CT molecular complexity index is 1400. The van der Waals surface area contributed by atoms with E-state index in [2.05, 4.69) is 0 Å². The second-order valence-electron chi connectivity index (χ2n) is 9.85. The van der Waals surface area contributed by atoms with E-state index < -0.39 is 27.5 Å². The number of sulfone groups is 1. The molecule has 0 aliphatic carbocycles. The molecule has 1 fully saturated rings. The van der Waals surface area contributed by atoms with Crippen LogP contribution in [-0.2, 0) is 14.6 Å². The van der Waals surface area contributed by atoms with Gasteiger partial charge >= 0.3 is 12.1 Å². The van der Waals surface area contributed by atoms with E-state index in [0.717, 1.165) is 11.2 Å². The van der Waals surface area contributed by atoms with Gasteiger partial charge < -0.3 is 14.5 Å². The smallest absolute Gasteiger partial charge is 0.471 e. The molecule has 11 heteroatoms. The minimum atomic E-state index is -4.95. The number of hydrogen-bond donors (Lipinski definition) is 0. The molecule has 2 aliphatic rings. The third kappa shape index (κ3) is 5.98. The Morgan fingerprint density at radius 2 is 1.69 bits per heavy atom. The highest BCUT2D eigenvalue weighted by Gasteiger charge is 2.45. The molecule has 0 N–H and O–H groups in total. The second kappa shape index (κ2) is 10.7. The number of fused-ring (bicyclic) bond motifs is 1. The molecule has 0 radical (unpaired) electrons. The summed E-state index contributed by atoms with van der Waals surface area (Å²) in [5, 5.41) is 0. The average molecular weight is 565 g/mol. The molecule has 0 saturated carbocycles. The summed E-state index contributed by atoms with van der Waals surface area (Å²) in [5.74, 6) is -1.58. The van der Waals surface area contributed by atoms with Gasteiger partial charge in [-0.15, -0.1) is 0 Å². The monoisotopic (exact) mass is 564 g/mol. The molecule has 2 heterocycles. The predicted molar refractivity (Wildman–Crippen MR) is 140 cm³/mol. The molecule has 2 aliphatic heterocycles. The Kier molecular flexibility index (Phi) is 7.84. The Morgan fingerprint density at radius 3 is 2.28 bits per heavy atom. The number of alkyl halides is 3. The fourth-order valence-electron chi connectivity index (χ4n) is 5.11. The summed E-state index contributed by atoms with van der Waals surface area (Å²) in [6.07, 6.45) is -1.24. The quantitative estimate of drug-likeness (QED) is 0.525. The van der Waals surface area contributed by atoms with E-state index in [4.69, 9.17) is 4.74 Å². The number of benzene rings is 2. The fourth-order valence-corrected chi connectivity index (χ4v) is 5.76. The number of halogens is 3. The second-order valence-corrected chi connectivity index (χ2v) is 11.9. The van der Waals surface area contributed by atoms with Crippen LogP contribution in [0.4, 0.5) is 13.2 Å². The highest BCUT2D eigenvalue weighted by Crippen LogP contribution is 2.44. The van der Waals surface area contributed by atoms with Crippen molar-refractivity contribution in [2.45, 2.75) is 49.8 Å². The van der Waals surface area contributed by atoms with Crippen molar-refractivity contribution in [3.8, 4) is 5.75 Å². The highest BCUT2D eigenvalue weighted by molar-refractivity contribution is 7.90. The summed E-state index contributed by atoms with van der Waals surface area (Å²) in [5.41, 5.74) is 1.39. The van der Waals surface area contributed by atoms with Crippen molar-refractivity contribution < 1.29 is 35.9 Å². The standard InChI is InChI=1S/C28H31F3N2O5S/c1-4-32(5-2)25(34)20-9-7-19(8-10-20)23-18-27(13-6-15-33(16-14-27)26(35)28(29,30)31)38-24-12-11-21(17-22(23)24)39(3,36)37/h7-12,17-18H,4-6,13-16H2,1-3H3. The van der Waals surface area contributed by atoms with Crippen molar-refractivity contribution in [2.75, 3.05) is 32.4 Å². The molecule has 210 valence electrons. The molecule has 0 bridgehead atoms. The van der Waals surface area contributed by atoms with Gasteiger partial charge in [-0.2, -0.15) is 13.2 Å². The maximum absolute atomic E-state index is 13.1. The molecular weight excluding hydrogens is 533 g/mol. The van der Waals surface area contributed by atoms with Gasteiger partial charge in [0.15, 0.2) is 9.84 Å². The van der Waals surface area contributed by atoms with Gasteiger partial charge in [-0.3, -0.25) is 9.59 Å². The van der Waals surface area contributed by atoms with Crippen LogP contribution in [-0.4, -0.2) is 74.2 Å². The maximum Gasteiger partial charge on any atom is 0.471 e. The zero-order valence-corrected chi connectivity index (χ0v) is 22.9. The molecule has 2 aromatic rings. The van der Waals surface area contributed by atoms with Crippen molar-refractivity contribution in [3.63, 3.8) is 0 Å². The summed E-state index contributed by atoms with van der Waals surface area (Å²) < 4.78 is 70.2. The Hall–Kier alpha value is -3.34. The highest BCUT2D eigenvalue weighted by atomic mass is 32.2. The first-order valence-corrected chi connectivity index (χ1v) is 14.7. The Labute approximate surface area is 226 Å². The van der Waals surface area contributed by atoms with E-state index in [1.54, 1.807) is 35.2 Å². The lowest BCUT2D eigenvalue weighted by atomic mass is 9.84. The van der Waals surface area contributed by atoms with Crippen LogP contribution in [0.1, 0.15) is 54.6 Å². The average Bonchev–Trinajstić information content (AvgIpc) is 3.09.